The van der Waals surface area contributed by atoms with E-state index in [1.165, 1.54) is 6.07 Å². The van der Waals surface area contributed by atoms with E-state index in [1.807, 2.05) is 6.07 Å². The molecule has 2 aliphatic rings. The van der Waals surface area contributed by atoms with Crippen molar-refractivity contribution in [2.45, 2.75) is 43.9 Å². The molecule has 0 aliphatic carbocycles. The number of aliphatic hydroxyl groups excluding tert-OH is 1. The summed E-state index contributed by atoms with van der Waals surface area (Å²) in [7, 11) is 0. The summed E-state index contributed by atoms with van der Waals surface area (Å²) >= 11 is 0. The second-order valence-electron chi connectivity index (χ2n) is 6.51. The van der Waals surface area contributed by atoms with Gasteiger partial charge in [-0.15, -0.1) is 0 Å². The molecule has 2 heterocycles. The summed E-state index contributed by atoms with van der Waals surface area (Å²) in [5.74, 6) is -0.197. The lowest BCUT2D eigenvalue weighted by Gasteiger charge is -2.28. The van der Waals surface area contributed by atoms with Crippen LogP contribution in [-0.4, -0.2) is 55.1 Å². The van der Waals surface area contributed by atoms with Gasteiger partial charge in [-0.2, -0.15) is 0 Å². The highest BCUT2D eigenvalue weighted by Gasteiger charge is 2.28. The first-order chi connectivity index (χ1) is 11.2. The minimum absolute atomic E-state index is 0.197. The SMILES string of the molecule is OC(COC1CCOCC1)CN1CCCC1c1cccc(F)c1. The van der Waals surface area contributed by atoms with Gasteiger partial charge in [0, 0.05) is 25.8 Å². The van der Waals surface area contributed by atoms with Crippen molar-refractivity contribution in [1.82, 2.24) is 4.90 Å². The van der Waals surface area contributed by atoms with Gasteiger partial charge >= 0.3 is 0 Å². The molecule has 1 N–H and O–H groups in total. The molecule has 23 heavy (non-hydrogen) atoms. The van der Waals surface area contributed by atoms with E-state index in [-0.39, 0.29) is 18.0 Å². The third-order valence-corrected chi connectivity index (χ3v) is 4.74. The predicted molar refractivity (Wildman–Crippen MR) is 85.7 cm³/mol. The van der Waals surface area contributed by atoms with Gasteiger partial charge in [-0.05, 0) is 49.9 Å². The molecule has 3 rings (SSSR count). The minimum atomic E-state index is -0.507. The highest BCUT2D eigenvalue weighted by molar-refractivity contribution is 5.21. The molecule has 1 aromatic carbocycles. The number of benzene rings is 1. The third kappa shape index (κ3) is 4.73. The number of hydrogen-bond acceptors (Lipinski definition) is 4. The van der Waals surface area contributed by atoms with Crippen LogP contribution < -0.4 is 0 Å². The Kier molecular flexibility index (Phi) is 6.00. The van der Waals surface area contributed by atoms with Crippen LogP contribution >= 0.6 is 0 Å². The highest BCUT2D eigenvalue weighted by Crippen LogP contribution is 2.32. The van der Waals surface area contributed by atoms with Crippen LogP contribution in [0.1, 0.15) is 37.3 Å². The molecule has 0 saturated carbocycles. The molecule has 2 unspecified atom stereocenters. The van der Waals surface area contributed by atoms with Crippen LogP contribution in [-0.2, 0) is 9.47 Å². The van der Waals surface area contributed by atoms with E-state index in [2.05, 4.69) is 4.90 Å². The average Bonchev–Trinajstić information content (AvgIpc) is 3.02. The highest BCUT2D eigenvalue weighted by atomic mass is 19.1. The van der Waals surface area contributed by atoms with Crippen LogP contribution in [0, 0.1) is 5.82 Å². The standard InChI is InChI=1S/C18H26FNO3/c19-15-4-1-3-14(11-15)18-5-2-8-20(18)12-16(21)13-23-17-6-9-22-10-7-17/h1,3-4,11,16-18,21H,2,5-10,12-13H2. The Labute approximate surface area is 137 Å². The van der Waals surface area contributed by atoms with Crippen LogP contribution in [0.15, 0.2) is 24.3 Å². The van der Waals surface area contributed by atoms with Gasteiger partial charge in [0.1, 0.15) is 5.82 Å². The molecule has 2 aliphatic heterocycles. The average molecular weight is 323 g/mol. The van der Waals surface area contributed by atoms with Crippen molar-refractivity contribution in [3.63, 3.8) is 0 Å². The van der Waals surface area contributed by atoms with Crippen molar-refractivity contribution < 1.29 is 19.0 Å². The first-order valence-electron chi connectivity index (χ1n) is 8.59. The molecule has 5 heteroatoms. The lowest BCUT2D eigenvalue weighted by atomic mass is 10.0. The lowest BCUT2D eigenvalue weighted by Crippen LogP contribution is -2.36. The van der Waals surface area contributed by atoms with Gasteiger partial charge in [0.2, 0.25) is 0 Å². The van der Waals surface area contributed by atoms with Crippen LogP contribution in [0.5, 0.6) is 0 Å². The monoisotopic (exact) mass is 323 g/mol. The molecule has 128 valence electrons. The Morgan fingerprint density at radius 2 is 2.13 bits per heavy atom. The van der Waals surface area contributed by atoms with Crippen LogP contribution in [0.25, 0.3) is 0 Å². The van der Waals surface area contributed by atoms with Gasteiger partial charge in [-0.3, -0.25) is 4.90 Å². The number of nitrogens with zero attached hydrogens (tertiary/aromatic N) is 1. The summed E-state index contributed by atoms with van der Waals surface area (Å²) in [6.07, 6.45) is 3.60. The smallest absolute Gasteiger partial charge is 0.123 e. The second kappa shape index (κ2) is 8.20. The normalized spacial score (nSPS) is 24.9. The molecule has 0 radical (unpaired) electrons. The summed E-state index contributed by atoms with van der Waals surface area (Å²) in [5.41, 5.74) is 1.00. The second-order valence-corrected chi connectivity index (χ2v) is 6.51. The summed E-state index contributed by atoms with van der Waals surface area (Å²) < 4.78 is 24.5. The van der Waals surface area contributed by atoms with Crippen molar-refractivity contribution in [3.05, 3.63) is 35.6 Å². The summed E-state index contributed by atoms with van der Waals surface area (Å²) in [5, 5.41) is 10.3. The quantitative estimate of drug-likeness (QED) is 0.873. The van der Waals surface area contributed by atoms with Crippen molar-refractivity contribution in [2.24, 2.45) is 0 Å². The maximum absolute atomic E-state index is 13.4. The van der Waals surface area contributed by atoms with E-state index >= 15 is 0 Å². The molecule has 0 bridgehead atoms. The maximum atomic E-state index is 13.4. The topological polar surface area (TPSA) is 41.9 Å². The number of hydrogen-bond donors (Lipinski definition) is 1. The molecule has 2 saturated heterocycles. The fourth-order valence-corrected chi connectivity index (χ4v) is 3.55. The molecular formula is C18H26FNO3. The van der Waals surface area contributed by atoms with Crippen LogP contribution in [0.4, 0.5) is 4.39 Å². The van der Waals surface area contributed by atoms with Gasteiger partial charge in [-0.1, -0.05) is 12.1 Å². The van der Waals surface area contributed by atoms with Gasteiger partial charge in [0.25, 0.3) is 0 Å². The third-order valence-electron chi connectivity index (χ3n) is 4.74. The van der Waals surface area contributed by atoms with Crippen molar-refractivity contribution in [2.75, 3.05) is 32.9 Å². The molecule has 2 fully saturated rings. The number of aliphatic hydroxyl groups is 1. The number of ether oxygens (including phenoxy) is 2. The van der Waals surface area contributed by atoms with E-state index < -0.39 is 6.10 Å². The summed E-state index contributed by atoms with van der Waals surface area (Å²) in [6.45, 7) is 3.36. The van der Waals surface area contributed by atoms with E-state index in [0.717, 1.165) is 51.0 Å². The van der Waals surface area contributed by atoms with E-state index in [1.54, 1.807) is 12.1 Å². The Morgan fingerprint density at radius 3 is 2.91 bits per heavy atom. The number of likely N-dealkylation sites (tertiary alicyclic amines) is 1. The summed E-state index contributed by atoms with van der Waals surface area (Å²) in [6, 6.07) is 7.00. The Balaban J connectivity index is 1.49. The van der Waals surface area contributed by atoms with E-state index in [9.17, 15) is 9.50 Å². The van der Waals surface area contributed by atoms with E-state index in [0.29, 0.717) is 13.2 Å². The van der Waals surface area contributed by atoms with Gasteiger partial charge in [0.15, 0.2) is 0 Å². The van der Waals surface area contributed by atoms with Crippen LogP contribution in [0.3, 0.4) is 0 Å². The molecule has 0 spiro atoms. The predicted octanol–water partition coefficient (Wildman–Crippen LogP) is 2.52. The zero-order valence-corrected chi connectivity index (χ0v) is 13.5. The molecule has 1 aromatic rings. The Morgan fingerprint density at radius 1 is 1.30 bits per heavy atom. The molecule has 0 aromatic heterocycles. The minimum Gasteiger partial charge on any atom is -0.389 e. The maximum Gasteiger partial charge on any atom is 0.123 e. The van der Waals surface area contributed by atoms with Gasteiger partial charge in [-0.25, -0.2) is 4.39 Å². The molecular weight excluding hydrogens is 297 g/mol. The Hall–Kier alpha value is -1.01. The molecule has 0 amide bonds. The Bertz CT molecular complexity index is 493. The molecule has 2 atom stereocenters. The fourth-order valence-electron chi connectivity index (χ4n) is 3.55. The number of β-amino-alcohol motifs (C(OH)–C–C–N with tert-alkyl or cyclic N) is 1. The lowest BCUT2D eigenvalue weighted by molar-refractivity contribution is -0.0647. The first kappa shape index (κ1) is 16.8. The number of rotatable bonds is 6. The largest absolute Gasteiger partial charge is 0.389 e. The zero-order valence-electron chi connectivity index (χ0n) is 13.5. The van der Waals surface area contributed by atoms with Crippen molar-refractivity contribution in [3.8, 4) is 0 Å². The van der Waals surface area contributed by atoms with Gasteiger partial charge in [0.05, 0.1) is 18.8 Å². The van der Waals surface area contributed by atoms with Crippen LogP contribution in [0.2, 0.25) is 0 Å². The van der Waals surface area contributed by atoms with E-state index in [4.69, 9.17) is 9.47 Å². The number of halogens is 1. The van der Waals surface area contributed by atoms with Crippen molar-refractivity contribution >= 4 is 0 Å². The summed E-state index contributed by atoms with van der Waals surface area (Å²) in [4.78, 5) is 2.24. The first-order valence-corrected chi connectivity index (χ1v) is 8.59. The molecule has 4 nitrogen and oxygen atoms in total. The van der Waals surface area contributed by atoms with Crippen molar-refractivity contribution in [1.29, 1.82) is 0 Å². The zero-order chi connectivity index (χ0) is 16.1. The fraction of sp³-hybridized carbons (Fsp3) is 0.667. The van der Waals surface area contributed by atoms with Gasteiger partial charge < -0.3 is 14.6 Å².